The number of ether oxygens (including phenoxy) is 3. The summed E-state index contributed by atoms with van der Waals surface area (Å²) >= 11 is 12.3. The maximum Gasteiger partial charge on any atom is 0.410 e. The van der Waals surface area contributed by atoms with Crippen LogP contribution in [0.15, 0.2) is 36.8 Å². The van der Waals surface area contributed by atoms with Crippen molar-refractivity contribution in [2.24, 2.45) is 0 Å². The van der Waals surface area contributed by atoms with Crippen LogP contribution in [0.2, 0.25) is 10.0 Å². The first-order valence-electron chi connectivity index (χ1n) is 12.0. The molecule has 2 aromatic heterocycles. The topological polar surface area (TPSA) is 142 Å². The molecule has 0 bridgehead atoms. The Kier molecular flexibility index (Phi) is 9.10. The number of likely N-dealkylation sites (tertiary alicyclic amines) is 1. The number of amides is 1. The number of hydrogen-bond acceptors (Lipinski definition) is 9. The van der Waals surface area contributed by atoms with Crippen LogP contribution < -0.4 is 10.5 Å². The lowest BCUT2D eigenvalue weighted by atomic mass is 10.1. The molecule has 11 nitrogen and oxygen atoms in total. The van der Waals surface area contributed by atoms with Crippen molar-refractivity contribution in [2.75, 3.05) is 32.2 Å². The standard InChI is InChI=1S/C25H26Cl2FN5O6/c1-14(22-18(26)2-3-19(28)23(22)27)39-20-8-15(9-30-24(20)29)16-10-31-33(11-16)17-4-6-32(7-5-17)25(36)37-12-21(35)38-13-34/h2-3,8-11,14,17,34H,4-7,12-13H2,1H3,(H2,29,30)/t14-/m1/s1. The molecule has 39 heavy (non-hydrogen) atoms. The molecule has 1 atom stereocenters. The molecule has 4 rings (SSSR count). The predicted octanol–water partition coefficient (Wildman–Crippen LogP) is 4.38. The molecule has 1 fully saturated rings. The second-order valence-electron chi connectivity index (χ2n) is 8.75. The van der Waals surface area contributed by atoms with Gasteiger partial charge in [0.25, 0.3) is 0 Å². The second-order valence-corrected chi connectivity index (χ2v) is 9.54. The van der Waals surface area contributed by atoms with Gasteiger partial charge in [0.2, 0.25) is 0 Å². The number of pyridine rings is 1. The number of nitrogen functional groups attached to an aromatic ring is 1. The van der Waals surface area contributed by atoms with Gasteiger partial charge in [-0.1, -0.05) is 23.2 Å². The number of piperidine rings is 1. The average Bonchev–Trinajstić information content (AvgIpc) is 3.41. The van der Waals surface area contributed by atoms with Crippen molar-refractivity contribution in [3.8, 4) is 16.9 Å². The molecule has 1 aliphatic rings. The van der Waals surface area contributed by atoms with Crippen LogP contribution in [-0.4, -0.2) is 63.3 Å². The van der Waals surface area contributed by atoms with Gasteiger partial charge in [-0.2, -0.15) is 5.10 Å². The summed E-state index contributed by atoms with van der Waals surface area (Å²) in [5, 5.41) is 13.2. The third kappa shape index (κ3) is 6.70. The maximum absolute atomic E-state index is 14.0. The van der Waals surface area contributed by atoms with E-state index in [9.17, 15) is 14.0 Å². The highest BCUT2D eigenvalue weighted by atomic mass is 35.5. The van der Waals surface area contributed by atoms with E-state index in [-0.39, 0.29) is 27.7 Å². The van der Waals surface area contributed by atoms with E-state index in [1.54, 1.807) is 25.4 Å². The summed E-state index contributed by atoms with van der Waals surface area (Å²) in [6, 6.07) is 4.34. The smallest absolute Gasteiger partial charge is 0.410 e. The monoisotopic (exact) mass is 581 g/mol. The Morgan fingerprint density at radius 2 is 1.95 bits per heavy atom. The largest absolute Gasteiger partial charge is 0.482 e. The highest BCUT2D eigenvalue weighted by Gasteiger charge is 2.26. The zero-order chi connectivity index (χ0) is 28.1. The molecular formula is C25H26Cl2FN5O6. The van der Waals surface area contributed by atoms with Crippen molar-refractivity contribution in [2.45, 2.75) is 31.9 Å². The van der Waals surface area contributed by atoms with Crippen LogP contribution in [0.4, 0.5) is 15.0 Å². The van der Waals surface area contributed by atoms with Gasteiger partial charge in [-0.3, -0.25) is 4.68 Å². The number of hydrogen-bond donors (Lipinski definition) is 2. The number of aliphatic hydroxyl groups excluding tert-OH is 1. The molecule has 1 saturated heterocycles. The minimum Gasteiger partial charge on any atom is -0.482 e. The lowest BCUT2D eigenvalue weighted by Gasteiger charge is -2.31. The summed E-state index contributed by atoms with van der Waals surface area (Å²) in [5.41, 5.74) is 7.81. The van der Waals surface area contributed by atoms with Crippen LogP contribution in [0.5, 0.6) is 5.75 Å². The number of carbonyl (C=O) groups excluding carboxylic acids is 2. The first kappa shape index (κ1) is 28.4. The molecule has 1 amide bonds. The van der Waals surface area contributed by atoms with Crippen molar-refractivity contribution < 1.29 is 33.3 Å². The second kappa shape index (κ2) is 12.5. The Bertz CT molecular complexity index is 1350. The Morgan fingerprint density at radius 1 is 1.21 bits per heavy atom. The molecule has 208 valence electrons. The van der Waals surface area contributed by atoms with Gasteiger partial charge in [-0.15, -0.1) is 0 Å². The van der Waals surface area contributed by atoms with E-state index in [4.69, 9.17) is 43.5 Å². The summed E-state index contributed by atoms with van der Waals surface area (Å²) in [6.45, 7) is 1.17. The fraction of sp³-hybridized carbons (Fsp3) is 0.360. The van der Waals surface area contributed by atoms with Gasteiger partial charge in [-0.05, 0) is 38.0 Å². The van der Waals surface area contributed by atoms with Crippen molar-refractivity contribution in [3.05, 3.63) is 58.2 Å². The lowest BCUT2D eigenvalue weighted by molar-refractivity contribution is -0.155. The first-order chi connectivity index (χ1) is 18.7. The highest BCUT2D eigenvalue weighted by Crippen LogP contribution is 2.37. The van der Waals surface area contributed by atoms with Gasteiger partial charge < -0.3 is 30.0 Å². The SMILES string of the molecule is C[C@@H](Oc1cc(-c2cnn(C3CCN(C(=O)OCC(=O)OCO)CC3)c2)cnc1N)c1c(Cl)ccc(F)c1Cl. The van der Waals surface area contributed by atoms with Crippen molar-refractivity contribution in [1.82, 2.24) is 19.7 Å². The zero-order valence-corrected chi connectivity index (χ0v) is 22.4. The third-order valence-electron chi connectivity index (χ3n) is 6.24. The first-order valence-corrected chi connectivity index (χ1v) is 12.7. The highest BCUT2D eigenvalue weighted by molar-refractivity contribution is 6.36. The molecule has 0 radical (unpaired) electrons. The number of rotatable bonds is 8. The molecule has 3 aromatic rings. The summed E-state index contributed by atoms with van der Waals surface area (Å²) < 4.78 is 31.0. The van der Waals surface area contributed by atoms with Crippen LogP contribution in [0.25, 0.3) is 11.1 Å². The molecule has 0 unspecified atom stereocenters. The maximum atomic E-state index is 14.0. The van der Waals surface area contributed by atoms with Crippen molar-refractivity contribution in [1.29, 1.82) is 0 Å². The fourth-order valence-electron chi connectivity index (χ4n) is 4.20. The van der Waals surface area contributed by atoms with Crippen LogP contribution in [0, 0.1) is 5.82 Å². The number of carbonyl (C=O) groups is 2. The molecule has 0 saturated carbocycles. The molecule has 3 N–H and O–H groups in total. The quantitative estimate of drug-likeness (QED) is 0.225. The minimum atomic E-state index is -0.827. The Labute approximate surface area is 233 Å². The van der Waals surface area contributed by atoms with E-state index in [0.29, 0.717) is 37.1 Å². The number of halogens is 3. The molecule has 1 aliphatic heterocycles. The average molecular weight is 582 g/mol. The number of aromatic nitrogens is 3. The Morgan fingerprint density at radius 3 is 2.67 bits per heavy atom. The number of esters is 1. The van der Waals surface area contributed by atoms with Gasteiger partial charge >= 0.3 is 12.1 Å². The van der Waals surface area contributed by atoms with Gasteiger partial charge in [0.1, 0.15) is 11.9 Å². The molecule has 1 aromatic carbocycles. The summed E-state index contributed by atoms with van der Waals surface area (Å²) in [5.74, 6) is -1.01. The fourth-order valence-corrected chi connectivity index (χ4v) is 4.88. The van der Waals surface area contributed by atoms with E-state index in [1.165, 1.54) is 17.0 Å². The van der Waals surface area contributed by atoms with E-state index >= 15 is 0 Å². The number of nitrogens with two attached hydrogens (primary N) is 1. The van der Waals surface area contributed by atoms with E-state index in [2.05, 4.69) is 14.8 Å². The Hall–Kier alpha value is -3.61. The van der Waals surface area contributed by atoms with E-state index < -0.39 is 37.4 Å². The van der Waals surface area contributed by atoms with Gasteiger partial charge in [0.05, 0.1) is 17.3 Å². The normalized spacial score (nSPS) is 14.6. The van der Waals surface area contributed by atoms with Crippen LogP contribution in [-0.2, 0) is 14.3 Å². The summed E-state index contributed by atoms with van der Waals surface area (Å²) in [7, 11) is 0. The van der Waals surface area contributed by atoms with E-state index in [0.717, 1.165) is 5.56 Å². The molecule has 3 heterocycles. The molecule has 0 spiro atoms. The van der Waals surface area contributed by atoms with Gasteiger partial charge in [0, 0.05) is 47.2 Å². The van der Waals surface area contributed by atoms with Crippen molar-refractivity contribution >= 4 is 41.1 Å². The number of nitrogens with zero attached hydrogens (tertiary/aromatic N) is 4. The van der Waals surface area contributed by atoms with Crippen LogP contribution >= 0.6 is 23.2 Å². The number of anilines is 1. The third-order valence-corrected chi connectivity index (χ3v) is 6.96. The lowest BCUT2D eigenvalue weighted by Crippen LogP contribution is -2.40. The molecular weight excluding hydrogens is 556 g/mol. The number of benzene rings is 1. The van der Waals surface area contributed by atoms with Crippen LogP contribution in [0.3, 0.4) is 0 Å². The van der Waals surface area contributed by atoms with E-state index in [1.807, 2.05) is 10.9 Å². The van der Waals surface area contributed by atoms with Gasteiger partial charge in [-0.25, -0.2) is 19.0 Å². The molecule has 0 aliphatic carbocycles. The van der Waals surface area contributed by atoms with Crippen LogP contribution in [0.1, 0.15) is 37.5 Å². The predicted molar refractivity (Wildman–Crippen MR) is 140 cm³/mol. The summed E-state index contributed by atoms with van der Waals surface area (Å²) in [6.07, 6.45) is 5.06. The number of aliphatic hydroxyl groups is 1. The zero-order valence-electron chi connectivity index (χ0n) is 20.8. The summed E-state index contributed by atoms with van der Waals surface area (Å²) in [4.78, 5) is 29.1. The van der Waals surface area contributed by atoms with Gasteiger partial charge in [0.15, 0.2) is 25.0 Å². The Balaban J connectivity index is 1.40. The minimum absolute atomic E-state index is 0.0388. The van der Waals surface area contributed by atoms with Crippen molar-refractivity contribution in [3.63, 3.8) is 0 Å². The molecule has 14 heteroatoms.